The number of hydrogen-bond donors (Lipinski definition) is 2. The third-order valence-electron chi connectivity index (χ3n) is 4.06. The molecule has 1 aromatic rings. The second kappa shape index (κ2) is 5.57. The van der Waals surface area contributed by atoms with E-state index in [4.69, 9.17) is 5.11 Å². The minimum atomic E-state index is -0.630. The number of aromatic amines is 1. The number of hydrogen-bond acceptors (Lipinski definition) is 2. The molecule has 4 heteroatoms. The fraction of sp³-hybridized carbons (Fsp3) is 0.643. The number of nitrogens with zero attached hydrogens (tertiary/aromatic N) is 1. The summed E-state index contributed by atoms with van der Waals surface area (Å²) < 4.78 is 0. The Balaban J connectivity index is 2.04. The van der Waals surface area contributed by atoms with Crippen molar-refractivity contribution in [2.24, 2.45) is 11.8 Å². The van der Waals surface area contributed by atoms with Crippen molar-refractivity contribution in [1.82, 2.24) is 9.88 Å². The molecule has 2 rings (SSSR count). The zero-order chi connectivity index (χ0) is 13.1. The van der Waals surface area contributed by atoms with Crippen LogP contribution < -0.4 is 0 Å². The molecule has 0 saturated heterocycles. The van der Waals surface area contributed by atoms with Crippen molar-refractivity contribution in [2.45, 2.75) is 31.7 Å². The molecule has 1 unspecified atom stereocenters. The lowest BCUT2D eigenvalue weighted by molar-refractivity contribution is -0.143. The van der Waals surface area contributed by atoms with Crippen LogP contribution in [0.1, 0.15) is 37.4 Å². The van der Waals surface area contributed by atoms with E-state index in [0.29, 0.717) is 12.0 Å². The molecule has 1 aliphatic rings. The van der Waals surface area contributed by atoms with E-state index >= 15 is 0 Å². The van der Waals surface area contributed by atoms with E-state index < -0.39 is 5.97 Å². The van der Waals surface area contributed by atoms with Gasteiger partial charge >= 0.3 is 5.97 Å². The maximum atomic E-state index is 11.0. The van der Waals surface area contributed by atoms with Gasteiger partial charge in [0.05, 0.1) is 12.0 Å². The van der Waals surface area contributed by atoms with Gasteiger partial charge in [0.15, 0.2) is 0 Å². The lowest BCUT2D eigenvalue weighted by atomic mass is 9.77. The second-order valence-electron chi connectivity index (χ2n) is 5.48. The van der Waals surface area contributed by atoms with Crippen molar-refractivity contribution in [1.29, 1.82) is 0 Å². The van der Waals surface area contributed by atoms with E-state index in [0.717, 1.165) is 25.7 Å². The lowest BCUT2D eigenvalue weighted by Gasteiger charge is -2.35. The van der Waals surface area contributed by atoms with Crippen molar-refractivity contribution >= 4 is 5.97 Å². The van der Waals surface area contributed by atoms with Gasteiger partial charge in [-0.15, -0.1) is 0 Å². The molecule has 0 spiro atoms. The topological polar surface area (TPSA) is 56.3 Å². The Morgan fingerprint density at radius 2 is 2.06 bits per heavy atom. The molecule has 1 heterocycles. The van der Waals surface area contributed by atoms with Gasteiger partial charge in [-0.3, -0.25) is 4.79 Å². The molecule has 1 aromatic heterocycles. The van der Waals surface area contributed by atoms with Crippen LogP contribution in [0.15, 0.2) is 18.3 Å². The van der Waals surface area contributed by atoms with Crippen LogP contribution in [0.2, 0.25) is 0 Å². The van der Waals surface area contributed by atoms with Gasteiger partial charge in [-0.25, -0.2) is 0 Å². The van der Waals surface area contributed by atoms with Crippen LogP contribution in [-0.4, -0.2) is 35.1 Å². The van der Waals surface area contributed by atoms with Crippen LogP contribution in [0.25, 0.3) is 0 Å². The first-order valence-electron chi connectivity index (χ1n) is 6.62. The van der Waals surface area contributed by atoms with Crippen LogP contribution in [0, 0.1) is 11.8 Å². The van der Waals surface area contributed by atoms with Crippen LogP contribution in [0.5, 0.6) is 0 Å². The summed E-state index contributed by atoms with van der Waals surface area (Å²) in [5.41, 5.74) is 1.23. The molecule has 1 aliphatic carbocycles. The van der Waals surface area contributed by atoms with Crippen molar-refractivity contribution in [3.63, 3.8) is 0 Å². The first-order valence-corrected chi connectivity index (χ1v) is 6.62. The molecule has 0 aromatic carbocycles. The van der Waals surface area contributed by atoms with Gasteiger partial charge in [-0.2, -0.15) is 0 Å². The molecule has 2 N–H and O–H groups in total. The van der Waals surface area contributed by atoms with Crippen LogP contribution in [0.3, 0.4) is 0 Å². The van der Waals surface area contributed by atoms with Gasteiger partial charge in [-0.05, 0) is 57.8 Å². The van der Waals surface area contributed by atoms with Gasteiger partial charge in [0.2, 0.25) is 0 Å². The Hall–Kier alpha value is -1.29. The SMILES string of the molecule is CN(C)C(c1ccc[nH]1)C1CCC(C(=O)O)CC1. The van der Waals surface area contributed by atoms with E-state index in [1.165, 1.54) is 5.69 Å². The largest absolute Gasteiger partial charge is 0.481 e. The van der Waals surface area contributed by atoms with E-state index in [2.05, 4.69) is 30.0 Å². The Labute approximate surface area is 108 Å². The molecule has 0 radical (unpaired) electrons. The average Bonchev–Trinajstić information content (AvgIpc) is 2.83. The first-order chi connectivity index (χ1) is 8.59. The first kappa shape index (κ1) is 13.1. The summed E-state index contributed by atoms with van der Waals surface area (Å²) in [6.07, 6.45) is 5.57. The highest BCUT2D eigenvalue weighted by molar-refractivity contribution is 5.70. The molecule has 0 amide bonds. The Morgan fingerprint density at radius 1 is 1.39 bits per heavy atom. The molecule has 1 fully saturated rings. The van der Waals surface area contributed by atoms with Gasteiger partial charge in [-0.1, -0.05) is 0 Å². The molecular weight excluding hydrogens is 228 g/mol. The molecule has 1 saturated carbocycles. The van der Waals surface area contributed by atoms with E-state index in [9.17, 15) is 4.79 Å². The summed E-state index contributed by atoms with van der Waals surface area (Å²) in [6, 6.07) is 4.51. The third kappa shape index (κ3) is 2.75. The summed E-state index contributed by atoms with van der Waals surface area (Å²) in [6.45, 7) is 0. The molecule has 100 valence electrons. The molecular formula is C14H22N2O2. The molecule has 4 nitrogen and oxygen atoms in total. The average molecular weight is 250 g/mol. The Kier molecular flexibility index (Phi) is 4.07. The predicted octanol–water partition coefficient (Wildman–Crippen LogP) is 2.51. The summed E-state index contributed by atoms with van der Waals surface area (Å²) in [7, 11) is 4.18. The number of aromatic nitrogens is 1. The van der Waals surface area contributed by atoms with Crippen molar-refractivity contribution in [2.75, 3.05) is 14.1 Å². The van der Waals surface area contributed by atoms with Gasteiger partial charge in [0, 0.05) is 11.9 Å². The number of carboxylic acid groups (broad SMARTS) is 1. The minimum absolute atomic E-state index is 0.132. The Morgan fingerprint density at radius 3 is 2.50 bits per heavy atom. The molecule has 18 heavy (non-hydrogen) atoms. The summed E-state index contributed by atoms with van der Waals surface area (Å²) in [5.74, 6) is -0.211. The van der Waals surface area contributed by atoms with Crippen molar-refractivity contribution in [3.05, 3.63) is 24.0 Å². The highest BCUT2D eigenvalue weighted by Crippen LogP contribution is 2.38. The standard InChI is InChI=1S/C14H22N2O2/c1-16(2)13(12-4-3-9-15-12)10-5-7-11(8-6-10)14(17)18/h3-4,9-11,13,15H,5-8H2,1-2H3,(H,17,18). The minimum Gasteiger partial charge on any atom is -0.481 e. The number of rotatable bonds is 4. The highest BCUT2D eigenvalue weighted by Gasteiger charge is 2.32. The number of nitrogens with one attached hydrogen (secondary N) is 1. The summed E-state index contributed by atoms with van der Waals surface area (Å²) in [5, 5.41) is 9.04. The van der Waals surface area contributed by atoms with Gasteiger partial charge in [0.1, 0.15) is 0 Å². The second-order valence-corrected chi connectivity index (χ2v) is 5.48. The lowest BCUT2D eigenvalue weighted by Crippen LogP contribution is -2.32. The smallest absolute Gasteiger partial charge is 0.306 e. The molecule has 1 atom stereocenters. The normalized spacial score (nSPS) is 26.2. The van der Waals surface area contributed by atoms with Gasteiger partial charge < -0.3 is 15.0 Å². The zero-order valence-corrected chi connectivity index (χ0v) is 11.1. The molecule has 0 aliphatic heterocycles. The summed E-state index contributed by atoms with van der Waals surface area (Å²) in [4.78, 5) is 16.5. The number of aliphatic carboxylic acids is 1. The van der Waals surface area contributed by atoms with E-state index in [-0.39, 0.29) is 5.92 Å². The van der Waals surface area contributed by atoms with Crippen LogP contribution in [-0.2, 0) is 4.79 Å². The van der Waals surface area contributed by atoms with Gasteiger partial charge in [0.25, 0.3) is 0 Å². The predicted molar refractivity (Wildman–Crippen MR) is 70.3 cm³/mol. The maximum Gasteiger partial charge on any atom is 0.306 e. The maximum absolute atomic E-state index is 11.0. The number of carbonyl (C=O) groups is 1. The van der Waals surface area contributed by atoms with E-state index in [1.807, 2.05) is 12.3 Å². The number of H-pyrrole nitrogens is 1. The zero-order valence-electron chi connectivity index (χ0n) is 11.1. The van der Waals surface area contributed by atoms with Crippen molar-refractivity contribution < 1.29 is 9.90 Å². The molecule has 0 bridgehead atoms. The van der Waals surface area contributed by atoms with E-state index in [1.54, 1.807) is 0 Å². The fourth-order valence-corrected chi connectivity index (χ4v) is 3.16. The third-order valence-corrected chi connectivity index (χ3v) is 4.06. The summed E-state index contributed by atoms with van der Waals surface area (Å²) >= 11 is 0. The highest BCUT2D eigenvalue weighted by atomic mass is 16.4. The van der Waals surface area contributed by atoms with Crippen LogP contribution in [0.4, 0.5) is 0 Å². The fourth-order valence-electron chi connectivity index (χ4n) is 3.16. The quantitative estimate of drug-likeness (QED) is 0.863. The number of carboxylic acids is 1. The van der Waals surface area contributed by atoms with Crippen LogP contribution >= 0.6 is 0 Å². The monoisotopic (exact) mass is 250 g/mol. The van der Waals surface area contributed by atoms with Crippen molar-refractivity contribution in [3.8, 4) is 0 Å². The Bertz CT molecular complexity index is 379.